The fraction of sp³-hybridized carbons (Fsp3) is 0.524. The van der Waals surface area contributed by atoms with Gasteiger partial charge in [-0.15, -0.1) is 0 Å². The summed E-state index contributed by atoms with van der Waals surface area (Å²) in [7, 11) is 0. The predicted molar refractivity (Wildman–Crippen MR) is 106 cm³/mol. The molecule has 2 atom stereocenters. The van der Waals surface area contributed by atoms with E-state index < -0.39 is 5.60 Å². The minimum absolute atomic E-state index is 0.0758. The van der Waals surface area contributed by atoms with Crippen molar-refractivity contribution < 1.29 is 14.4 Å². The summed E-state index contributed by atoms with van der Waals surface area (Å²) in [6.45, 7) is 3.03. The van der Waals surface area contributed by atoms with Crippen LogP contribution in [-0.2, 0) is 16.8 Å². The zero-order valence-electron chi connectivity index (χ0n) is 15.9. The third kappa shape index (κ3) is 3.95. The number of halogens is 1. The Morgan fingerprint density at radius 3 is 2.68 bits per heavy atom. The first kappa shape index (κ1) is 19.4. The van der Waals surface area contributed by atoms with E-state index in [2.05, 4.69) is 10.1 Å². The van der Waals surface area contributed by atoms with Crippen molar-refractivity contribution in [3.05, 3.63) is 52.9 Å². The van der Waals surface area contributed by atoms with E-state index in [-0.39, 0.29) is 11.9 Å². The van der Waals surface area contributed by atoms with Crippen molar-refractivity contribution in [2.45, 2.75) is 43.7 Å². The molecule has 0 saturated carbocycles. The molecule has 28 heavy (non-hydrogen) atoms. The van der Waals surface area contributed by atoms with E-state index in [1.807, 2.05) is 35.2 Å². The molecule has 1 amide bonds. The molecular weight excluding hydrogens is 378 g/mol. The van der Waals surface area contributed by atoms with Crippen LogP contribution in [0.25, 0.3) is 0 Å². The van der Waals surface area contributed by atoms with Gasteiger partial charge in [-0.2, -0.15) is 0 Å². The topological polar surface area (TPSA) is 69.8 Å². The Morgan fingerprint density at radius 1 is 1.25 bits per heavy atom. The van der Waals surface area contributed by atoms with E-state index in [1.165, 1.54) is 0 Å². The van der Waals surface area contributed by atoms with Gasteiger partial charge in [-0.25, -0.2) is 0 Å². The average Bonchev–Trinajstić information content (AvgIpc) is 3.39. The third-order valence-electron chi connectivity index (χ3n) is 6.03. The molecule has 7 heteroatoms. The van der Waals surface area contributed by atoms with Gasteiger partial charge in [0.15, 0.2) is 5.15 Å². The highest BCUT2D eigenvalue weighted by atomic mass is 35.5. The van der Waals surface area contributed by atoms with Gasteiger partial charge in [0.2, 0.25) is 5.91 Å². The monoisotopic (exact) mass is 403 g/mol. The Morgan fingerprint density at radius 2 is 2.00 bits per heavy atom. The van der Waals surface area contributed by atoms with Gasteiger partial charge >= 0.3 is 0 Å². The first-order valence-corrected chi connectivity index (χ1v) is 10.3. The Bertz CT molecular complexity index is 806. The maximum Gasteiger partial charge on any atom is 0.223 e. The first-order chi connectivity index (χ1) is 13.6. The van der Waals surface area contributed by atoms with Gasteiger partial charge in [-0.05, 0) is 37.9 Å². The van der Waals surface area contributed by atoms with Crippen LogP contribution in [0.3, 0.4) is 0 Å². The lowest BCUT2D eigenvalue weighted by Crippen LogP contribution is -2.61. The first-order valence-electron chi connectivity index (χ1n) is 9.97. The normalized spacial score (nSPS) is 25.9. The van der Waals surface area contributed by atoms with Gasteiger partial charge in [0.25, 0.3) is 0 Å². The van der Waals surface area contributed by atoms with Crippen molar-refractivity contribution >= 4 is 17.5 Å². The van der Waals surface area contributed by atoms with Gasteiger partial charge in [-0.1, -0.05) is 47.1 Å². The number of rotatable bonds is 5. The predicted octanol–water partition coefficient (Wildman–Crippen LogP) is 2.85. The number of carbonyl (C=O) groups is 1. The number of likely N-dealkylation sites (tertiary alicyclic amines) is 2. The number of nitrogens with zero attached hydrogens (tertiary/aromatic N) is 3. The number of hydrogen-bond acceptors (Lipinski definition) is 5. The zero-order chi connectivity index (χ0) is 19.6. The summed E-state index contributed by atoms with van der Waals surface area (Å²) in [5.41, 5.74) is 0.0104. The zero-order valence-corrected chi connectivity index (χ0v) is 16.6. The third-order valence-corrected chi connectivity index (χ3v) is 6.21. The Kier molecular flexibility index (Phi) is 5.71. The molecule has 2 aromatic rings. The highest BCUT2D eigenvalue weighted by molar-refractivity contribution is 6.29. The molecule has 0 radical (unpaired) electrons. The van der Waals surface area contributed by atoms with Crippen molar-refractivity contribution in [3.8, 4) is 0 Å². The summed E-state index contributed by atoms with van der Waals surface area (Å²) in [6.07, 6.45) is 3.65. The van der Waals surface area contributed by atoms with Crippen LogP contribution in [0, 0.1) is 0 Å². The molecule has 2 aliphatic heterocycles. The minimum atomic E-state index is -0.930. The van der Waals surface area contributed by atoms with E-state index >= 15 is 0 Å². The van der Waals surface area contributed by atoms with Crippen molar-refractivity contribution in [2.75, 3.05) is 26.2 Å². The number of aryl methyl sites for hydroxylation is 1. The van der Waals surface area contributed by atoms with E-state index in [4.69, 9.17) is 16.1 Å². The molecule has 0 bridgehead atoms. The standard InChI is InChI=1S/C21H26ClN3O3/c22-19-14-17(28-23-19)8-9-20(26)25-13-10-21(27,16-6-2-1-3-7-16)18(15-25)24-11-4-5-12-24/h1-3,6-7,14,18,27H,4-5,8-13,15H2/t18-,21+/m1/s1. The summed E-state index contributed by atoms with van der Waals surface area (Å²) in [4.78, 5) is 17.1. The molecule has 4 rings (SSSR count). The second-order valence-corrected chi connectivity index (χ2v) is 8.14. The second-order valence-electron chi connectivity index (χ2n) is 7.75. The number of benzene rings is 1. The average molecular weight is 404 g/mol. The fourth-order valence-corrected chi connectivity index (χ4v) is 4.63. The maximum absolute atomic E-state index is 12.8. The molecule has 2 saturated heterocycles. The minimum Gasteiger partial charge on any atom is -0.383 e. The van der Waals surface area contributed by atoms with Crippen LogP contribution < -0.4 is 0 Å². The molecular formula is C21H26ClN3O3. The number of piperidine rings is 1. The van der Waals surface area contributed by atoms with Crippen LogP contribution >= 0.6 is 11.6 Å². The largest absolute Gasteiger partial charge is 0.383 e. The van der Waals surface area contributed by atoms with Crippen LogP contribution in [0.5, 0.6) is 0 Å². The molecule has 1 aromatic carbocycles. The quantitative estimate of drug-likeness (QED) is 0.831. The van der Waals surface area contributed by atoms with Crippen molar-refractivity contribution in [1.29, 1.82) is 0 Å². The van der Waals surface area contributed by atoms with E-state index in [9.17, 15) is 9.90 Å². The van der Waals surface area contributed by atoms with E-state index in [0.29, 0.717) is 43.3 Å². The molecule has 2 aliphatic rings. The van der Waals surface area contributed by atoms with Crippen LogP contribution in [0.15, 0.2) is 40.9 Å². The number of aliphatic hydroxyl groups is 1. The Labute approximate surface area is 170 Å². The van der Waals surface area contributed by atoms with Gasteiger partial charge in [0.1, 0.15) is 11.4 Å². The lowest BCUT2D eigenvalue weighted by molar-refractivity contribution is -0.143. The van der Waals surface area contributed by atoms with Crippen molar-refractivity contribution in [3.63, 3.8) is 0 Å². The van der Waals surface area contributed by atoms with Gasteiger partial charge in [0, 0.05) is 32.0 Å². The van der Waals surface area contributed by atoms with Crippen LogP contribution in [0.2, 0.25) is 5.15 Å². The van der Waals surface area contributed by atoms with E-state index in [1.54, 1.807) is 6.07 Å². The van der Waals surface area contributed by atoms with Crippen LogP contribution in [-0.4, -0.2) is 58.2 Å². The molecule has 1 aromatic heterocycles. The number of amides is 1. The number of aromatic nitrogens is 1. The molecule has 2 fully saturated rings. The molecule has 0 aliphatic carbocycles. The fourth-order valence-electron chi connectivity index (χ4n) is 4.48. The lowest BCUT2D eigenvalue weighted by Gasteiger charge is -2.48. The SMILES string of the molecule is O=C(CCc1cc(Cl)no1)N1CC[C@](O)(c2ccccc2)[C@H](N2CCCC2)C1. The second kappa shape index (κ2) is 8.23. The molecule has 0 spiro atoms. The van der Waals surface area contributed by atoms with Gasteiger partial charge in [0.05, 0.1) is 6.04 Å². The summed E-state index contributed by atoms with van der Waals surface area (Å²) in [5.74, 6) is 0.694. The molecule has 0 unspecified atom stereocenters. The summed E-state index contributed by atoms with van der Waals surface area (Å²) in [6, 6.07) is 11.4. The van der Waals surface area contributed by atoms with Crippen molar-refractivity contribution in [1.82, 2.24) is 15.0 Å². The Hall–Kier alpha value is -1.89. The van der Waals surface area contributed by atoms with Crippen LogP contribution in [0.1, 0.15) is 37.0 Å². The summed E-state index contributed by atoms with van der Waals surface area (Å²) >= 11 is 5.77. The van der Waals surface area contributed by atoms with Gasteiger partial charge in [-0.3, -0.25) is 9.69 Å². The maximum atomic E-state index is 12.8. The van der Waals surface area contributed by atoms with Crippen LogP contribution in [0.4, 0.5) is 0 Å². The molecule has 6 nitrogen and oxygen atoms in total. The highest BCUT2D eigenvalue weighted by Crippen LogP contribution is 2.37. The summed E-state index contributed by atoms with van der Waals surface area (Å²) < 4.78 is 5.09. The molecule has 1 N–H and O–H groups in total. The number of carbonyl (C=O) groups excluding carboxylic acids is 1. The summed E-state index contributed by atoms with van der Waals surface area (Å²) in [5, 5.41) is 15.6. The van der Waals surface area contributed by atoms with Gasteiger partial charge < -0.3 is 14.5 Å². The molecule has 150 valence electrons. The molecule has 3 heterocycles. The number of hydrogen-bond donors (Lipinski definition) is 1. The highest BCUT2D eigenvalue weighted by Gasteiger charge is 2.47. The van der Waals surface area contributed by atoms with Crippen molar-refractivity contribution in [2.24, 2.45) is 0 Å². The smallest absolute Gasteiger partial charge is 0.223 e. The Balaban J connectivity index is 1.48. The lowest BCUT2D eigenvalue weighted by atomic mass is 9.79. The van der Waals surface area contributed by atoms with E-state index in [0.717, 1.165) is 31.5 Å².